The van der Waals surface area contributed by atoms with Crippen LogP contribution in [0.4, 0.5) is 17.2 Å². The fourth-order valence-corrected chi connectivity index (χ4v) is 1.48. The van der Waals surface area contributed by atoms with Crippen molar-refractivity contribution in [2.24, 2.45) is 7.05 Å². The Morgan fingerprint density at radius 2 is 2.07 bits per heavy atom. The Labute approximate surface area is 88.7 Å². The smallest absolute Gasteiger partial charge is 0.128 e. The molecule has 0 aliphatic rings. The van der Waals surface area contributed by atoms with Crippen LogP contribution >= 0.6 is 0 Å². The number of nitrogens with one attached hydrogen (secondary N) is 1. The molecule has 0 radical (unpaired) electrons. The monoisotopic (exact) mass is 202 g/mol. The molecule has 0 saturated carbocycles. The number of rotatable bonds is 2. The highest BCUT2D eigenvalue weighted by Gasteiger charge is 2.03. The number of hydrogen-bond acceptors (Lipinski definition) is 3. The number of aryl methyl sites for hydroxylation is 2. The minimum atomic E-state index is 0.733. The fraction of sp³-hybridized carbons (Fsp3) is 0.182. The largest absolute Gasteiger partial charge is 0.397 e. The minimum Gasteiger partial charge on any atom is -0.397 e. The van der Waals surface area contributed by atoms with E-state index in [0.29, 0.717) is 0 Å². The van der Waals surface area contributed by atoms with E-state index in [0.717, 1.165) is 22.9 Å². The number of para-hydroxylation sites is 2. The van der Waals surface area contributed by atoms with Crippen LogP contribution < -0.4 is 11.1 Å². The lowest BCUT2D eigenvalue weighted by molar-refractivity contribution is 0.765. The number of nitrogens with zero attached hydrogens (tertiary/aromatic N) is 2. The number of aromatic nitrogens is 2. The van der Waals surface area contributed by atoms with E-state index in [-0.39, 0.29) is 0 Å². The predicted octanol–water partition coefficient (Wildman–Crippen LogP) is 2.05. The van der Waals surface area contributed by atoms with Crippen molar-refractivity contribution in [1.29, 1.82) is 0 Å². The SMILES string of the molecule is Cc1cc(Nc2ccccc2N)n(C)n1. The average molecular weight is 202 g/mol. The molecule has 0 bridgehead atoms. The molecule has 0 saturated heterocycles. The van der Waals surface area contributed by atoms with Gasteiger partial charge in [-0.1, -0.05) is 12.1 Å². The maximum atomic E-state index is 5.83. The Bertz CT molecular complexity index is 473. The van der Waals surface area contributed by atoms with E-state index >= 15 is 0 Å². The highest BCUT2D eigenvalue weighted by molar-refractivity contribution is 5.71. The van der Waals surface area contributed by atoms with Crippen LogP contribution in [0.5, 0.6) is 0 Å². The highest BCUT2D eigenvalue weighted by Crippen LogP contribution is 2.22. The maximum Gasteiger partial charge on any atom is 0.128 e. The molecule has 0 fully saturated rings. The second kappa shape index (κ2) is 3.65. The molecule has 0 unspecified atom stereocenters. The van der Waals surface area contributed by atoms with Crippen LogP contribution in [0.3, 0.4) is 0 Å². The molecule has 4 nitrogen and oxygen atoms in total. The minimum absolute atomic E-state index is 0.733. The number of nitrogens with two attached hydrogens (primary N) is 1. The molecular formula is C11H14N4. The zero-order valence-corrected chi connectivity index (χ0v) is 8.86. The summed E-state index contributed by atoms with van der Waals surface area (Å²) in [6.45, 7) is 1.96. The number of hydrogen-bond donors (Lipinski definition) is 2. The summed E-state index contributed by atoms with van der Waals surface area (Å²) in [6.07, 6.45) is 0. The molecule has 15 heavy (non-hydrogen) atoms. The summed E-state index contributed by atoms with van der Waals surface area (Å²) in [5, 5.41) is 7.49. The molecular weight excluding hydrogens is 188 g/mol. The quantitative estimate of drug-likeness (QED) is 0.733. The molecule has 0 spiro atoms. The Morgan fingerprint density at radius 3 is 2.67 bits per heavy atom. The normalized spacial score (nSPS) is 10.3. The van der Waals surface area contributed by atoms with Crippen LogP contribution in [-0.2, 0) is 7.05 Å². The van der Waals surface area contributed by atoms with Gasteiger partial charge in [-0.3, -0.25) is 4.68 Å². The zero-order valence-electron chi connectivity index (χ0n) is 8.86. The first-order chi connectivity index (χ1) is 7.16. The summed E-state index contributed by atoms with van der Waals surface area (Å²) in [7, 11) is 1.90. The van der Waals surface area contributed by atoms with Crippen molar-refractivity contribution in [3.8, 4) is 0 Å². The number of benzene rings is 1. The Balaban J connectivity index is 2.29. The summed E-state index contributed by atoms with van der Waals surface area (Å²) in [6, 6.07) is 9.65. The van der Waals surface area contributed by atoms with Gasteiger partial charge in [0.25, 0.3) is 0 Å². The first-order valence-electron chi connectivity index (χ1n) is 4.79. The third kappa shape index (κ3) is 1.93. The third-order valence-corrected chi connectivity index (χ3v) is 2.23. The van der Waals surface area contributed by atoms with Crippen LogP contribution in [-0.4, -0.2) is 9.78 Å². The van der Waals surface area contributed by atoms with E-state index < -0.39 is 0 Å². The van der Waals surface area contributed by atoms with Gasteiger partial charge in [-0.2, -0.15) is 5.10 Å². The first-order valence-corrected chi connectivity index (χ1v) is 4.79. The molecule has 1 aromatic heterocycles. The van der Waals surface area contributed by atoms with Gasteiger partial charge in [0.05, 0.1) is 17.1 Å². The van der Waals surface area contributed by atoms with Crippen LogP contribution in [0.15, 0.2) is 30.3 Å². The van der Waals surface area contributed by atoms with E-state index in [9.17, 15) is 0 Å². The average Bonchev–Trinajstić information content (AvgIpc) is 2.49. The lowest BCUT2D eigenvalue weighted by Crippen LogP contribution is -2.01. The van der Waals surface area contributed by atoms with Crippen molar-refractivity contribution >= 4 is 17.2 Å². The van der Waals surface area contributed by atoms with Gasteiger partial charge in [0.15, 0.2) is 0 Å². The van der Waals surface area contributed by atoms with Crippen molar-refractivity contribution in [3.05, 3.63) is 36.0 Å². The third-order valence-electron chi connectivity index (χ3n) is 2.23. The second-order valence-corrected chi connectivity index (χ2v) is 3.51. The molecule has 78 valence electrons. The van der Waals surface area contributed by atoms with E-state index in [1.165, 1.54) is 0 Å². The van der Waals surface area contributed by atoms with Crippen LogP contribution in [0, 0.1) is 6.92 Å². The van der Waals surface area contributed by atoms with Crippen molar-refractivity contribution < 1.29 is 0 Å². The van der Waals surface area contributed by atoms with E-state index in [2.05, 4.69) is 10.4 Å². The summed E-state index contributed by atoms with van der Waals surface area (Å²) < 4.78 is 1.79. The molecule has 3 N–H and O–H groups in total. The molecule has 0 atom stereocenters. The Hall–Kier alpha value is -1.97. The van der Waals surface area contributed by atoms with Gasteiger partial charge < -0.3 is 11.1 Å². The summed E-state index contributed by atoms with van der Waals surface area (Å²) in [4.78, 5) is 0. The van der Waals surface area contributed by atoms with Gasteiger partial charge in [-0.25, -0.2) is 0 Å². The van der Waals surface area contributed by atoms with Crippen LogP contribution in [0.25, 0.3) is 0 Å². The standard InChI is InChI=1S/C11H14N4/c1-8-7-11(15(2)14-8)13-10-6-4-3-5-9(10)12/h3-7,13H,12H2,1-2H3. The van der Waals surface area contributed by atoms with Crippen molar-refractivity contribution in [2.75, 3.05) is 11.1 Å². The second-order valence-electron chi connectivity index (χ2n) is 3.51. The molecule has 0 aliphatic carbocycles. The molecule has 2 aromatic rings. The maximum absolute atomic E-state index is 5.83. The van der Waals surface area contributed by atoms with Gasteiger partial charge in [-0.15, -0.1) is 0 Å². The molecule has 2 rings (SSSR count). The molecule has 0 aliphatic heterocycles. The Morgan fingerprint density at radius 1 is 1.33 bits per heavy atom. The number of anilines is 3. The molecule has 0 amide bonds. The van der Waals surface area contributed by atoms with Gasteiger partial charge in [0.2, 0.25) is 0 Å². The molecule has 1 heterocycles. The predicted molar refractivity (Wildman–Crippen MR) is 62.1 cm³/mol. The summed E-state index contributed by atoms with van der Waals surface area (Å²) >= 11 is 0. The van der Waals surface area contributed by atoms with Crippen molar-refractivity contribution in [2.45, 2.75) is 6.92 Å². The number of nitrogen functional groups attached to an aromatic ring is 1. The lowest BCUT2D eigenvalue weighted by atomic mass is 10.2. The lowest BCUT2D eigenvalue weighted by Gasteiger charge is -2.08. The Kier molecular flexibility index (Phi) is 2.33. The van der Waals surface area contributed by atoms with Gasteiger partial charge in [0, 0.05) is 13.1 Å². The molecule has 4 heteroatoms. The van der Waals surface area contributed by atoms with E-state index in [4.69, 9.17) is 5.73 Å². The molecule has 1 aromatic carbocycles. The highest BCUT2D eigenvalue weighted by atomic mass is 15.3. The van der Waals surface area contributed by atoms with Crippen molar-refractivity contribution in [3.63, 3.8) is 0 Å². The fourth-order valence-electron chi connectivity index (χ4n) is 1.48. The van der Waals surface area contributed by atoms with Gasteiger partial charge in [0.1, 0.15) is 5.82 Å². The van der Waals surface area contributed by atoms with Crippen LogP contribution in [0.1, 0.15) is 5.69 Å². The van der Waals surface area contributed by atoms with Gasteiger partial charge in [-0.05, 0) is 19.1 Å². The van der Waals surface area contributed by atoms with E-state index in [1.54, 1.807) is 4.68 Å². The summed E-state index contributed by atoms with van der Waals surface area (Å²) in [5.74, 6) is 0.936. The van der Waals surface area contributed by atoms with Gasteiger partial charge >= 0.3 is 0 Å². The van der Waals surface area contributed by atoms with E-state index in [1.807, 2.05) is 44.3 Å². The summed E-state index contributed by atoms with van der Waals surface area (Å²) in [5.41, 5.74) is 8.45. The first kappa shape index (κ1) is 9.58. The van der Waals surface area contributed by atoms with Crippen LogP contribution in [0.2, 0.25) is 0 Å². The van der Waals surface area contributed by atoms with Crippen molar-refractivity contribution in [1.82, 2.24) is 9.78 Å². The topological polar surface area (TPSA) is 55.9 Å². The zero-order chi connectivity index (χ0) is 10.8.